The third kappa shape index (κ3) is 2.51. The Morgan fingerprint density at radius 2 is 2.05 bits per heavy atom. The van der Waals surface area contributed by atoms with Gasteiger partial charge >= 0.3 is 0 Å². The summed E-state index contributed by atoms with van der Waals surface area (Å²) in [5.41, 5.74) is 2.81. The number of benzene rings is 1. The van der Waals surface area contributed by atoms with E-state index in [1.165, 1.54) is 0 Å². The molecule has 6 heteroatoms. The van der Waals surface area contributed by atoms with Crippen molar-refractivity contribution in [1.82, 2.24) is 9.97 Å². The van der Waals surface area contributed by atoms with Crippen molar-refractivity contribution in [3.05, 3.63) is 56.7 Å². The van der Waals surface area contributed by atoms with E-state index in [0.29, 0.717) is 16.6 Å². The molecular weight excluding hydrogens is 361 g/mol. The molecule has 0 fully saturated rings. The topological polar surface area (TPSA) is 40.7 Å². The molecule has 0 aliphatic carbocycles. The Labute approximate surface area is 134 Å². The molecule has 3 rings (SSSR count). The van der Waals surface area contributed by atoms with Crippen molar-refractivity contribution in [3.8, 4) is 0 Å². The molecule has 2 heterocycles. The summed E-state index contributed by atoms with van der Waals surface area (Å²) in [4.78, 5) is 7.41. The monoisotopic (exact) mass is 369 g/mol. The first-order chi connectivity index (χ1) is 9.66. The summed E-state index contributed by atoms with van der Waals surface area (Å²) < 4.78 is 0.783. The maximum atomic E-state index is 6.21. The van der Waals surface area contributed by atoms with Crippen LogP contribution in [0.2, 0.25) is 10.0 Å². The van der Waals surface area contributed by atoms with Crippen LogP contribution >= 0.6 is 39.1 Å². The van der Waals surface area contributed by atoms with Crippen molar-refractivity contribution >= 4 is 55.9 Å². The van der Waals surface area contributed by atoms with Crippen molar-refractivity contribution in [2.75, 3.05) is 5.32 Å². The van der Waals surface area contributed by atoms with Crippen molar-refractivity contribution < 1.29 is 0 Å². The van der Waals surface area contributed by atoms with Crippen LogP contribution in [0.1, 0.15) is 5.56 Å². The van der Waals surface area contributed by atoms with E-state index in [4.69, 9.17) is 23.2 Å². The fraction of sp³-hybridized carbons (Fsp3) is 0.0714. The number of aromatic nitrogens is 2. The molecule has 2 aromatic heterocycles. The van der Waals surface area contributed by atoms with Crippen molar-refractivity contribution in [3.63, 3.8) is 0 Å². The number of halogens is 3. The molecule has 0 aliphatic heterocycles. The van der Waals surface area contributed by atoms with Gasteiger partial charge in [0.1, 0.15) is 5.65 Å². The Bertz CT molecular complexity index is 770. The summed E-state index contributed by atoms with van der Waals surface area (Å²) in [5.74, 6) is 0. The fourth-order valence-corrected chi connectivity index (χ4v) is 2.85. The van der Waals surface area contributed by atoms with Crippen LogP contribution in [-0.4, -0.2) is 9.97 Å². The van der Waals surface area contributed by atoms with Crippen LogP contribution in [0.4, 0.5) is 5.69 Å². The van der Waals surface area contributed by atoms with Crippen LogP contribution in [0.25, 0.3) is 11.0 Å². The van der Waals surface area contributed by atoms with E-state index < -0.39 is 0 Å². The summed E-state index contributed by atoms with van der Waals surface area (Å²) in [6, 6.07) is 7.72. The first kappa shape index (κ1) is 13.7. The van der Waals surface area contributed by atoms with Gasteiger partial charge in [0, 0.05) is 28.8 Å². The summed E-state index contributed by atoms with van der Waals surface area (Å²) in [5, 5.41) is 5.41. The third-order valence-corrected chi connectivity index (χ3v) is 4.81. The Kier molecular flexibility index (Phi) is 3.87. The molecule has 0 bridgehead atoms. The predicted molar refractivity (Wildman–Crippen MR) is 87.6 cm³/mol. The second-order valence-electron chi connectivity index (χ2n) is 4.29. The highest BCUT2D eigenvalue weighted by atomic mass is 79.9. The van der Waals surface area contributed by atoms with Crippen molar-refractivity contribution in [2.45, 2.75) is 6.54 Å². The number of aromatic amines is 1. The highest BCUT2D eigenvalue weighted by molar-refractivity contribution is 9.10. The lowest BCUT2D eigenvalue weighted by Gasteiger charge is -2.10. The zero-order valence-corrected chi connectivity index (χ0v) is 13.4. The highest BCUT2D eigenvalue weighted by Gasteiger charge is 2.09. The van der Waals surface area contributed by atoms with Gasteiger partial charge in [0.2, 0.25) is 0 Å². The highest BCUT2D eigenvalue weighted by Crippen LogP contribution is 2.36. The quantitative estimate of drug-likeness (QED) is 0.618. The van der Waals surface area contributed by atoms with Gasteiger partial charge in [0.15, 0.2) is 0 Å². The average Bonchev–Trinajstić information content (AvgIpc) is 2.87. The van der Waals surface area contributed by atoms with Gasteiger partial charge in [0.05, 0.1) is 15.7 Å². The number of hydrogen-bond donors (Lipinski definition) is 2. The van der Waals surface area contributed by atoms with Crippen LogP contribution in [0, 0.1) is 0 Å². The molecule has 1 aromatic carbocycles. The van der Waals surface area contributed by atoms with E-state index in [2.05, 4.69) is 31.2 Å². The third-order valence-electron chi connectivity index (χ3n) is 3.04. The zero-order valence-electron chi connectivity index (χ0n) is 10.3. The predicted octanol–water partition coefficient (Wildman–Crippen LogP) is 5.24. The van der Waals surface area contributed by atoms with Crippen LogP contribution in [0.3, 0.4) is 0 Å². The minimum absolute atomic E-state index is 0.511. The van der Waals surface area contributed by atoms with Crippen molar-refractivity contribution in [2.24, 2.45) is 0 Å². The molecule has 0 unspecified atom stereocenters. The Morgan fingerprint density at radius 1 is 1.20 bits per heavy atom. The molecule has 3 aromatic rings. The Hall–Kier alpha value is -1.23. The van der Waals surface area contributed by atoms with Gasteiger partial charge in [-0.2, -0.15) is 0 Å². The fourth-order valence-electron chi connectivity index (χ4n) is 2.01. The molecule has 0 saturated heterocycles. The van der Waals surface area contributed by atoms with Crippen LogP contribution in [-0.2, 0) is 6.54 Å². The standard InChI is InChI=1S/C14H10BrCl2N3/c15-10-3-4-11(13(17)12(10)16)19-6-8-7-20-14-9(8)2-1-5-18-14/h1-5,7,19H,6H2,(H,18,20). The van der Waals surface area contributed by atoms with E-state index >= 15 is 0 Å². The first-order valence-electron chi connectivity index (χ1n) is 5.95. The lowest BCUT2D eigenvalue weighted by Crippen LogP contribution is -1.99. The maximum Gasteiger partial charge on any atom is 0.137 e. The zero-order chi connectivity index (χ0) is 14.1. The van der Waals surface area contributed by atoms with Crippen LogP contribution in [0.5, 0.6) is 0 Å². The van der Waals surface area contributed by atoms with Crippen molar-refractivity contribution in [1.29, 1.82) is 0 Å². The Morgan fingerprint density at radius 3 is 2.90 bits per heavy atom. The molecule has 0 amide bonds. The molecule has 102 valence electrons. The molecule has 0 radical (unpaired) electrons. The van der Waals surface area contributed by atoms with E-state index in [-0.39, 0.29) is 0 Å². The number of anilines is 1. The molecule has 2 N–H and O–H groups in total. The Balaban J connectivity index is 1.85. The average molecular weight is 371 g/mol. The minimum Gasteiger partial charge on any atom is -0.380 e. The summed E-state index contributed by atoms with van der Waals surface area (Å²) in [7, 11) is 0. The van der Waals surface area contributed by atoms with Gasteiger partial charge < -0.3 is 10.3 Å². The molecule has 3 nitrogen and oxygen atoms in total. The van der Waals surface area contributed by atoms with E-state index in [9.17, 15) is 0 Å². The van der Waals surface area contributed by atoms with Gasteiger partial charge in [-0.3, -0.25) is 0 Å². The number of pyridine rings is 1. The normalized spacial score (nSPS) is 10.9. The molecular formula is C14H10BrCl2N3. The van der Waals surface area contributed by atoms with Gasteiger partial charge in [0.25, 0.3) is 0 Å². The maximum absolute atomic E-state index is 6.21. The molecule has 0 aliphatic rings. The molecule has 20 heavy (non-hydrogen) atoms. The summed E-state index contributed by atoms with van der Waals surface area (Å²) in [6.45, 7) is 0.642. The largest absolute Gasteiger partial charge is 0.380 e. The number of rotatable bonds is 3. The molecule has 0 saturated carbocycles. The first-order valence-corrected chi connectivity index (χ1v) is 7.50. The van der Waals surface area contributed by atoms with Gasteiger partial charge in [-0.25, -0.2) is 4.98 Å². The number of nitrogens with zero attached hydrogens (tertiary/aromatic N) is 1. The van der Waals surface area contributed by atoms with E-state index in [0.717, 1.165) is 26.8 Å². The van der Waals surface area contributed by atoms with Gasteiger partial charge in [-0.05, 0) is 45.8 Å². The second kappa shape index (κ2) is 5.64. The van der Waals surface area contributed by atoms with Gasteiger partial charge in [-0.15, -0.1) is 0 Å². The number of fused-ring (bicyclic) bond motifs is 1. The molecule has 0 spiro atoms. The second-order valence-corrected chi connectivity index (χ2v) is 5.90. The lowest BCUT2D eigenvalue weighted by molar-refractivity contribution is 1.16. The number of H-pyrrole nitrogens is 1. The minimum atomic E-state index is 0.511. The van der Waals surface area contributed by atoms with Gasteiger partial charge in [-0.1, -0.05) is 23.2 Å². The van der Waals surface area contributed by atoms with E-state index in [1.807, 2.05) is 30.5 Å². The smallest absolute Gasteiger partial charge is 0.137 e. The summed E-state index contributed by atoms with van der Waals surface area (Å²) in [6.07, 6.45) is 3.71. The van der Waals surface area contributed by atoms with E-state index in [1.54, 1.807) is 6.20 Å². The van der Waals surface area contributed by atoms with Crippen LogP contribution < -0.4 is 5.32 Å². The summed E-state index contributed by atoms with van der Waals surface area (Å²) >= 11 is 15.7. The molecule has 0 atom stereocenters. The van der Waals surface area contributed by atoms with Crippen LogP contribution in [0.15, 0.2) is 41.1 Å². The number of nitrogens with one attached hydrogen (secondary N) is 2. The SMILES string of the molecule is Clc1c(Br)ccc(NCc2c[nH]c3ncccc23)c1Cl. The lowest BCUT2D eigenvalue weighted by atomic mass is 10.2. The number of hydrogen-bond acceptors (Lipinski definition) is 2.